The number of aromatic nitrogens is 1. The van der Waals surface area contributed by atoms with E-state index in [1.807, 2.05) is 0 Å². The van der Waals surface area contributed by atoms with Crippen LogP contribution in [0.25, 0.3) is 0 Å². The molecule has 0 unspecified atom stereocenters. The van der Waals surface area contributed by atoms with Crippen LogP contribution < -0.4 is 5.32 Å². The molecule has 0 atom stereocenters. The van der Waals surface area contributed by atoms with Crippen LogP contribution in [0.4, 0.5) is 5.82 Å². The molecule has 0 aliphatic carbocycles. The zero-order valence-electron chi connectivity index (χ0n) is 12.0. The lowest BCUT2D eigenvalue weighted by Crippen LogP contribution is -2.38. The molecular formula is C14H14ClN3O4S. The zero-order valence-corrected chi connectivity index (χ0v) is 13.5. The van der Waals surface area contributed by atoms with E-state index < -0.39 is 15.9 Å². The monoisotopic (exact) mass is 355 g/mol. The summed E-state index contributed by atoms with van der Waals surface area (Å²) in [5.41, 5.74) is 0. The minimum atomic E-state index is -3.86. The maximum absolute atomic E-state index is 12.6. The van der Waals surface area contributed by atoms with Crippen molar-refractivity contribution in [3.63, 3.8) is 0 Å². The number of anilines is 1. The number of hydrogen-bond acceptors (Lipinski definition) is 5. The molecule has 23 heavy (non-hydrogen) atoms. The molecule has 1 amide bonds. The van der Waals surface area contributed by atoms with Crippen molar-refractivity contribution in [3.8, 4) is 0 Å². The number of hydrogen-bond donors (Lipinski definition) is 1. The quantitative estimate of drug-likeness (QED) is 0.768. The predicted molar refractivity (Wildman–Crippen MR) is 85.5 cm³/mol. The van der Waals surface area contributed by atoms with Crippen molar-refractivity contribution in [2.24, 2.45) is 0 Å². The van der Waals surface area contributed by atoms with Crippen LogP contribution in [0.1, 0.15) is 0 Å². The number of sulfonamides is 1. The molecule has 9 heteroatoms. The van der Waals surface area contributed by atoms with E-state index in [0.717, 1.165) is 4.31 Å². The first-order chi connectivity index (χ1) is 10.9. The third kappa shape index (κ3) is 4.41. The third-order valence-electron chi connectivity index (χ3n) is 2.81. The van der Waals surface area contributed by atoms with Crippen molar-refractivity contribution < 1.29 is 17.7 Å². The Morgan fingerprint density at radius 3 is 2.61 bits per heavy atom. The summed E-state index contributed by atoms with van der Waals surface area (Å²) >= 11 is 5.76. The molecule has 0 spiro atoms. The molecule has 0 bridgehead atoms. The molecule has 1 N–H and O–H groups in total. The van der Waals surface area contributed by atoms with Gasteiger partial charge >= 0.3 is 0 Å². The molecule has 122 valence electrons. The molecule has 0 radical (unpaired) electrons. The molecular weight excluding hydrogens is 342 g/mol. The van der Waals surface area contributed by atoms with E-state index >= 15 is 0 Å². The fraction of sp³-hybridized carbons (Fsp3) is 0.143. The van der Waals surface area contributed by atoms with Gasteiger partial charge in [0.2, 0.25) is 15.9 Å². The van der Waals surface area contributed by atoms with Gasteiger partial charge in [0.25, 0.3) is 0 Å². The normalized spacial score (nSPS) is 11.4. The Morgan fingerprint density at radius 1 is 1.35 bits per heavy atom. The van der Waals surface area contributed by atoms with Gasteiger partial charge in [-0.3, -0.25) is 4.79 Å². The lowest BCUT2D eigenvalue weighted by Gasteiger charge is -2.20. The number of halogens is 1. The summed E-state index contributed by atoms with van der Waals surface area (Å²) in [6.45, 7) is 3.12. The first-order valence-electron chi connectivity index (χ1n) is 6.50. The van der Waals surface area contributed by atoms with Crippen LogP contribution in [0.5, 0.6) is 0 Å². The van der Waals surface area contributed by atoms with Gasteiger partial charge in [0.05, 0.1) is 11.4 Å². The summed E-state index contributed by atoms with van der Waals surface area (Å²) in [5.74, 6) is -0.337. The Kier molecular flexibility index (Phi) is 5.54. The largest absolute Gasteiger partial charge is 0.363 e. The summed E-state index contributed by atoms with van der Waals surface area (Å²) in [7, 11) is -3.86. The zero-order chi connectivity index (χ0) is 16.9. The van der Waals surface area contributed by atoms with Crippen LogP contribution in [-0.2, 0) is 14.8 Å². The molecule has 2 rings (SSSR count). The van der Waals surface area contributed by atoms with Crippen molar-refractivity contribution in [1.29, 1.82) is 0 Å². The average Bonchev–Trinajstić information content (AvgIpc) is 3.00. The standard InChI is InChI=1S/C14H14ClN3O4S/c1-2-8-18(10-14(19)16-13-7-9-22-17-13)23(20,21)12-5-3-11(15)4-6-12/h2-7,9H,1,8,10H2,(H,16,17,19). The Balaban J connectivity index is 2.17. The smallest absolute Gasteiger partial charge is 0.243 e. The van der Waals surface area contributed by atoms with E-state index in [2.05, 4.69) is 21.6 Å². The molecule has 0 fully saturated rings. The fourth-order valence-corrected chi connectivity index (χ4v) is 3.26. The van der Waals surface area contributed by atoms with Crippen molar-refractivity contribution in [1.82, 2.24) is 9.46 Å². The topological polar surface area (TPSA) is 92.5 Å². The van der Waals surface area contributed by atoms with Crippen molar-refractivity contribution in [2.45, 2.75) is 4.90 Å². The summed E-state index contributed by atoms with van der Waals surface area (Å²) in [5, 5.41) is 6.39. The number of carbonyl (C=O) groups is 1. The highest BCUT2D eigenvalue weighted by molar-refractivity contribution is 7.89. The number of nitrogens with one attached hydrogen (secondary N) is 1. The van der Waals surface area contributed by atoms with E-state index in [1.165, 1.54) is 42.7 Å². The number of nitrogens with zero attached hydrogens (tertiary/aromatic N) is 2. The molecule has 1 aromatic carbocycles. The summed E-state index contributed by atoms with van der Waals surface area (Å²) in [4.78, 5) is 12.0. The van der Waals surface area contributed by atoms with Crippen LogP contribution in [0.15, 0.2) is 58.7 Å². The van der Waals surface area contributed by atoms with Crippen LogP contribution >= 0.6 is 11.6 Å². The lowest BCUT2D eigenvalue weighted by atomic mass is 10.4. The van der Waals surface area contributed by atoms with E-state index in [-0.39, 0.29) is 23.8 Å². The molecule has 1 heterocycles. The molecule has 0 aliphatic heterocycles. The molecule has 1 aromatic heterocycles. The van der Waals surface area contributed by atoms with E-state index in [1.54, 1.807) is 0 Å². The van der Waals surface area contributed by atoms with Gasteiger partial charge in [0.1, 0.15) is 6.26 Å². The van der Waals surface area contributed by atoms with Gasteiger partial charge in [-0.2, -0.15) is 4.31 Å². The van der Waals surface area contributed by atoms with Crippen LogP contribution in [0, 0.1) is 0 Å². The van der Waals surface area contributed by atoms with Crippen LogP contribution in [0.2, 0.25) is 5.02 Å². The molecule has 0 saturated carbocycles. The van der Waals surface area contributed by atoms with Crippen molar-refractivity contribution >= 4 is 33.3 Å². The minimum Gasteiger partial charge on any atom is -0.363 e. The Bertz CT molecular complexity index is 773. The van der Waals surface area contributed by atoms with Gasteiger partial charge in [0, 0.05) is 17.6 Å². The second-order valence-corrected chi connectivity index (χ2v) is 6.85. The highest BCUT2D eigenvalue weighted by Crippen LogP contribution is 2.18. The lowest BCUT2D eigenvalue weighted by molar-refractivity contribution is -0.116. The Hall–Kier alpha value is -2.16. The van der Waals surface area contributed by atoms with Gasteiger partial charge in [-0.15, -0.1) is 6.58 Å². The Labute approximate surface area is 138 Å². The highest BCUT2D eigenvalue weighted by atomic mass is 35.5. The maximum atomic E-state index is 12.6. The third-order valence-corrected chi connectivity index (χ3v) is 4.89. The van der Waals surface area contributed by atoms with Gasteiger partial charge in [-0.05, 0) is 24.3 Å². The van der Waals surface area contributed by atoms with E-state index in [4.69, 9.17) is 11.6 Å². The number of amides is 1. The van der Waals surface area contributed by atoms with E-state index in [0.29, 0.717) is 5.02 Å². The van der Waals surface area contributed by atoms with Gasteiger partial charge < -0.3 is 9.84 Å². The maximum Gasteiger partial charge on any atom is 0.243 e. The van der Waals surface area contributed by atoms with E-state index in [9.17, 15) is 13.2 Å². The first kappa shape index (κ1) is 17.2. The fourth-order valence-electron chi connectivity index (χ4n) is 1.77. The van der Waals surface area contributed by atoms with Crippen molar-refractivity contribution in [2.75, 3.05) is 18.4 Å². The highest BCUT2D eigenvalue weighted by Gasteiger charge is 2.25. The van der Waals surface area contributed by atoms with Gasteiger partial charge in [0.15, 0.2) is 5.82 Å². The minimum absolute atomic E-state index is 0.0167. The van der Waals surface area contributed by atoms with Gasteiger partial charge in [-0.1, -0.05) is 22.8 Å². The number of benzene rings is 1. The Morgan fingerprint density at radius 2 is 2.04 bits per heavy atom. The second kappa shape index (κ2) is 7.40. The molecule has 2 aromatic rings. The second-order valence-electron chi connectivity index (χ2n) is 4.47. The average molecular weight is 356 g/mol. The number of carbonyl (C=O) groups excluding carboxylic acids is 1. The SMILES string of the molecule is C=CCN(CC(=O)Nc1ccon1)S(=O)(=O)c1ccc(Cl)cc1. The van der Waals surface area contributed by atoms with Crippen LogP contribution in [-0.4, -0.2) is 36.9 Å². The van der Waals surface area contributed by atoms with Gasteiger partial charge in [-0.25, -0.2) is 8.42 Å². The first-order valence-corrected chi connectivity index (χ1v) is 8.32. The summed E-state index contributed by atoms with van der Waals surface area (Å²) < 4.78 is 30.8. The molecule has 7 nitrogen and oxygen atoms in total. The summed E-state index contributed by atoms with van der Waals surface area (Å²) in [6, 6.07) is 7.14. The molecule has 0 saturated heterocycles. The predicted octanol–water partition coefficient (Wildman–Crippen LogP) is 2.14. The van der Waals surface area contributed by atoms with Crippen LogP contribution in [0.3, 0.4) is 0 Å². The summed E-state index contributed by atoms with van der Waals surface area (Å²) in [6.07, 6.45) is 2.69. The van der Waals surface area contributed by atoms with Crippen molar-refractivity contribution in [3.05, 3.63) is 54.3 Å². The molecule has 0 aliphatic rings. The number of rotatable bonds is 7.